The van der Waals surface area contributed by atoms with Gasteiger partial charge in [0.15, 0.2) is 0 Å². The summed E-state index contributed by atoms with van der Waals surface area (Å²) in [5.74, 6) is -2.75. The van der Waals surface area contributed by atoms with Gasteiger partial charge in [0.05, 0.1) is 11.4 Å². The van der Waals surface area contributed by atoms with Crippen LogP contribution in [0.4, 0.5) is 5.69 Å². The second kappa shape index (κ2) is 4.54. The van der Waals surface area contributed by atoms with E-state index in [-0.39, 0.29) is 0 Å². The Morgan fingerprint density at radius 1 is 1.53 bits per heavy atom. The summed E-state index contributed by atoms with van der Waals surface area (Å²) in [6.07, 6.45) is 1.60. The number of pyridine rings is 1. The standard InChI is InChI=1S/C10H12N2O3/c1-6(10(14)15)9(13)12-8-4-3-5-11-7(8)2/h3-6H,1-2H3,(H,12,13)(H,14,15). The summed E-state index contributed by atoms with van der Waals surface area (Å²) in [6.45, 7) is 3.07. The van der Waals surface area contributed by atoms with Crippen molar-refractivity contribution in [1.29, 1.82) is 0 Å². The van der Waals surface area contributed by atoms with Gasteiger partial charge in [0, 0.05) is 6.20 Å². The average Bonchev–Trinajstić information content (AvgIpc) is 2.20. The van der Waals surface area contributed by atoms with Gasteiger partial charge in [0.1, 0.15) is 5.92 Å². The van der Waals surface area contributed by atoms with Gasteiger partial charge in [0.25, 0.3) is 0 Å². The van der Waals surface area contributed by atoms with Crippen LogP contribution in [0, 0.1) is 12.8 Å². The Balaban J connectivity index is 2.75. The predicted octanol–water partition coefficient (Wildman–Crippen LogP) is 1.05. The molecule has 0 aliphatic heterocycles. The van der Waals surface area contributed by atoms with Crippen molar-refractivity contribution >= 4 is 17.6 Å². The first kappa shape index (κ1) is 11.2. The fraction of sp³-hybridized carbons (Fsp3) is 0.300. The van der Waals surface area contributed by atoms with Crippen LogP contribution in [0.3, 0.4) is 0 Å². The van der Waals surface area contributed by atoms with E-state index < -0.39 is 17.8 Å². The summed E-state index contributed by atoms with van der Waals surface area (Å²) >= 11 is 0. The van der Waals surface area contributed by atoms with E-state index in [0.717, 1.165) is 0 Å². The van der Waals surface area contributed by atoms with E-state index in [1.54, 1.807) is 25.3 Å². The SMILES string of the molecule is Cc1ncccc1NC(=O)C(C)C(=O)O. The third-order valence-electron chi connectivity index (χ3n) is 2.03. The molecule has 0 aliphatic carbocycles. The van der Waals surface area contributed by atoms with Crippen molar-refractivity contribution in [3.05, 3.63) is 24.0 Å². The highest BCUT2D eigenvalue weighted by molar-refractivity contribution is 6.04. The van der Waals surface area contributed by atoms with Gasteiger partial charge in [-0.1, -0.05) is 0 Å². The molecule has 0 fully saturated rings. The van der Waals surface area contributed by atoms with Gasteiger partial charge in [-0.15, -0.1) is 0 Å². The molecular formula is C10H12N2O3. The molecule has 1 heterocycles. The van der Waals surface area contributed by atoms with Crippen LogP contribution in [-0.2, 0) is 9.59 Å². The van der Waals surface area contributed by atoms with Crippen molar-refractivity contribution < 1.29 is 14.7 Å². The zero-order chi connectivity index (χ0) is 11.4. The minimum Gasteiger partial charge on any atom is -0.481 e. The Kier molecular flexibility index (Phi) is 3.38. The van der Waals surface area contributed by atoms with E-state index >= 15 is 0 Å². The second-order valence-electron chi connectivity index (χ2n) is 3.19. The number of aliphatic carboxylic acids is 1. The topological polar surface area (TPSA) is 79.3 Å². The predicted molar refractivity (Wildman–Crippen MR) is 54.4 cm³/mol. The van der Waals surface area contributed by atoms with Gasteiger partial charge in [-0.3, -0.25) is 14.6 Å². The van der Waals surface area contributed by atoms with Gasteiger partial charge >= 0.3 is 5.97 Å². The molecule has 0 spiro atoms. The van der Waals surface area contributed by atoms with Crippen LogP contribution in [0.2, 0.25) is 0 Å². The number of anilines is 1. The molecule has 80 valence electrons. The fourth-order valence-corrected chi connectivity index (χ4v) is 0.969. The van der Waals surface area contributed by atoms with Gasteiger partial charge < -0.3 is 10.4 Å². The third-order valence-corrected chi connectivity index (χ3v) is 2.03. The largest absolute Gasteiger partial charge is 0.481 e. The summed E-state index contributed by atoms with van der Waals surface area (Å²) in [5, 5.41) is 11.1. The number of carboxylic acid groups (broad SMARTS) is 1. The number of hydrogen-bond acceptors (Lipinski definition) is 3. The second-order valence-corrected chi connectivity index (χ2v) is 3.19. The minimum atomic E-state index is -1.14. The van der Waals surface area contributed by atoms with E-state index in [1.165, 1.54) is 6.92 Å². The number of nitrogens with zero attached hydrogens (tertiary/aromatic N) is 1. The van der Waals surface area contributed by atoms with E-state index in [1.807, 2.05) is 0 Å². The number of rotatable bonds is 3. The summed E-state index contributed by atoms with van der Waals surface area (Å²) in [6, 6.07) is 3.35. The number of carbonyl (C=O) groups excluding carboxylic acids is 1. The van der Waals surface area contributed by atoms with Crippen molar-refractivity contribution in [2.24, 2.45) is 5.92 Å². The molecule has 1 aromatic rings. The Bertz CT molecular complexity index is 390. The van der Waals surface area contributed by atoms with Crippen LogP contribution >= 0.6 is 0 Å². The zero-order valence-electron chi connectivity index (χ0n) is 8.52. The lowest BCUT2D eigenvalue weighted by atomic mass is 10.1. The molecule has 0 saturated heterocycles. The average molecular weight is 208 g/mol. The van der Waals surface area contributed by atoms with Crippen LogP contribution in [0.25, 0.3) is 0 Å². The number of nitrogens with one attached hydrogen (secondary N) is 1. The van der Waals surface area contributed by atoms with E-state index in [9.17, 15) is 9.59 Å². The molecule has 1 atom stereocenters. The number of amides is 1. The van der Waals surface area contributed by atoms with Gasteiger partial charge in [-0.25, -0.2) is 0 Å². The van der Waals surface area contributed by atoms with Crippen LogP contribution in [0.5, 0.6) is 0 Å². The molecule has 1 unspecified atom stereocenters. The van der Waals surface area contributed by atoms with E-state index in [0.29, 0.717) is 11.4 Å². The summed E-state index contributed by atoms with van der Waals surface area (Å²) in [5.41, 5.74) is 1.19. The first-order chi connectivity index (χ1) is 7.02. The number of hydrogen-bond donors (Lipinski definition) is 2. The zero-order valence-corrected chi connectivity index (χ0v) is 8.52. The lowest BCUT2D eigenvalue weighted by molar-refractivity contribution is -0.144. The van der Waals surface area contributed by atoms with Crippen LogP contribution in [0.15, 0.2) is 18.3 Å². The van der Waals surface area contributed by atoms with Gasteiger partial charge in [0.2, 0.25) is 5.91 Å². The molecule has 1 aromatic heterocycles. The van der Waals surface area contributed by atoms with E-state index in [2.05, 4.69) is 10.3 Å². The van der Waals surface area contributed by atoms with Crippen molar-refractivity contribution in [2.45, 2.75) is 13.8 Å². The molecule has 15 heavy (non-hydrogen) atoms. The van der Waals surface area contributed by atoms with Crippen molar-refractivity contribution in [3.63, 3.8) is 0 Å². The molecule has 5 nitrogen and oxygen atoms in total. The molecule has 1 amide bonds. The third kappa shape index (κ3) is 2.77. The number of carboxylic acids is 1. The fourth-order valence-electron chi connectivity index (χ4n) is 0.969. The van der Waals surface area contributed by atoms with Crippen molar-refractivity contribution in [3.8, 4) is 0 Å². The molecule has 0 bridgehead atoms. The Labute approximate surface area is 87.1 Å². The normalized spacial score (nSPS) is 11.9. The maximum Gasteiger partial charge on any atom is 0.315 e. The first-order valence-corrected chi connectivity index (χ1v) is 4.47. The Morgan fingerprint density at radius 2 is 2.20 bits per heavy atom. The molecule has 2 N–H and O–H groups in total. The summed E-state index contributed by atoms with van der Waals surface area (Å²) in [7, 11) is 0. The molecule has 0 aromatic carbocycles. The highest BCUT2D eigenvalue weighted by atomic mass is 16.4. The van der Waals surface area contributed by atoms with Gasteiger partial charge in [-0.05, 0) is 26.0 Å². The highest BCUT2D eigenvalue weighted by Gasteiger charge is 2.20. The van der Waals surface area contributed by atoms with Gasteiger partial charge in [-0.2, -0.15) is 0 Å². The number of aromatic nitrogens is 1. The number of aryl methyl sites for hydroxylation is 1. The number of carbonyl (C=O) groups is 2. The molecule has 1 rings (SSSR count). The molecule has 5 heteroatoms. The minimum absolute atomic E-state index is 0.538. The Hall–Kier alpha value is -1.91. The van der Waals surface area contributed by atoms with Crippen LogP contribution in [0.1, 0.15) is 12.6 Å². The van der Waals surface area contributed by atoms with Crippen molar-refractivity contribution in [1.82, 2.24) is 4.98 Å². The first-order valence-electron chi connectivity index (χ1n) is 4.47. The maximum atomic E-state index is 11.4. The lowest BCUT2D eigenvalue weighted by Gasteiger charge is -2.09. The molecule has 0 aliphatic rings. The molecule has 0 radical (unpaired) electrons. The van der Waals surface area contributed by atoms with Crippen LogP contribution < -0.4 is 5.32 Å². The van der Waals surface area contributed by atoms with Crippen LogP contribution in [-0.4, -0.2) is 22.0 Å². The van der Waals surface area contributed by atoms with Crippen molar-refractivity contribution in [2.75, 3.05) is 5.32 Å². The quantitative estimate of drug-likeness (QED) is 0.727. The smallest absolute Gasteiger partial charge is 0.315 e. The summed E-state index contributed by atoms with van der Waals surface area (Å²) < 4.78 is 0. The monoisotopic (exact) mass is 208 g/mol. The molecule has 0 saturated carbocycles. The Morgan fingerprint density at radius 3 is 2.73 bits per heavy atom. The van der Waals surface area contributed by atoms with E-state index in [4.69, 9.17) is 5.11 Å². The molecular weight excluding hydrogens is 196 g/mol. The maximum absolute atomic E-state index is 11.4. The summed E-state index contributed by atoms with van der Waals surface area (Å²) in [4.78, 5) is 25.9. The lowest BCUT2D eigenvalue weighted by Crippen LogP contribution is -2.27. The highest BCUT2D eigenvalue weighted by Crippen LogP contribution is 2.11.